The topological polar surface area (TPSA) is 16.6 Å². The Hall–Kier alpha value is -1.60. The Balaban J connectivity index is 1.93. The van der Waals surface area contributed by atoms with Gasteiger partial charge < -0.3 is 5.32 Å². The Morgan fingerprint density at radius 1 is 0.706 bits per heavy atom. The first-order valence-electron chi connectivity index (χ1n) is 6.18. The fraction of sp³-hybridized carbons (Fsp3) is 0.250. The van der Waals surface area contributed by atoms with Gasteiger partial charge >= 0.3 is 0 Å². The van der Waals surface area contributed by atoms with E-state index in [-0.39, 0.29) is 0 Å². The van der Waals surface area contributed by atoms with E-state index < -0.39 is 0 Å². The summed E-state index contributed by atoms with van der Waals surface area (Å²) in [6.45, 7) is 6.47. The number of benzene rings is 2. The Bertz CT molecular complexity index is 443. The van der Waals surface area contributed by atoms with Crippen molar-refractivity contribution in [3.05, 3.63) is 70.8 Å². The SMILES string of the molecule is Cc1ccccc1C[NH2+]Cc1ccccc1C. The molecule has 1 heteroatoms. The fourth-order valence-electron chi connectivity index (χ4n) is 2.06. The summed E-state index contributed by atoms with van der Waals surface area (Å²) < 4.78 is 0. The molecule has 0 aliphatic heterocycles. The third-order valence-electron chi connectivity index (χ3n) is 3.25. The lowest BCUT2D eigenvalue weighted by molar-refractivity contribution is -0.686. The number of quaternary nitrogens is 1. The highest BCUT2D eigenvalue weighted by atomic mass is 14.8. The first kappa shape index (κ1) is 11.9. The summed E-state index contributed by atoms with van der Waals surface area (Å²) in [5, 5.41) is 2.37. The molecule has 0 radical (unpaired) electrons. The molecule has 0 aliphatic carbocycles. The largest absolute Gasteiger partial charge is 0.339 e. The summed E-state index contributed by atoms with van der Waals surface area (Å²) in [7, 11) is 0. The molecule has 0 atom stereocenters. The summed E-state index contributed by atoms with van der Waals surface area (Å²) in [4.78, 5) is 0. The van der Waals surface area contributed by atoms with Crippen molar-refractivity contribution >= 4 is 0 Å². The van der Waals surface area contributed by atoms with Crippen molar-refractivity contribution in [2.24, 2.45) is 0 Å². The molecular weight excluding hydrogens is 206 g/mol. The number of nitrogens with two attached hydrogens (primary N) is 1. The number of aryl methyl sites for hydroxylation is 2. The van der Waals surface area contributed by atoms with E-state index in [1.807, 2.05) is 0 Å². The quantitative estimate of drug-likeness (QED) is 0.825. The fourth-order valence-corrected chi connectivity index (χ4v) is 2.06. The van der Waals surface area contributed by atoms with Crippen LogP contribution in [0.2, 0.25) is 0 Å². The minimum atomic E-state index is 1.06. The van der Waals surface area contributed by atoms with Crippen molar-refractivity contribution in [1.29, 1.82) is 0 Å². The van der Waals surface area contributed by atoms with Crippen LogP contribution in [0.4, 0.5) is 0 Å². The molecule has 0 saturated carbocycles. The van der Waals surface area contributed by atoms with Crippen LogP contribution >= 0.6 is 0 Å². The Kier molecular flexibility index (Phi) is 3.94. The van der Waals surface area contributed by atoms with Gasteiger partial charge in [-0.15, -0.1) is 0 Å². The predicted molar refractivity (Wildman–Crippen MR) is 71.7 cm³/mol. The molecule has 2 rings (SSSR count). The van der Waals surface area contributed by atoms with Crippen molar-refractivity contribution in [3.8, 4) is 0 Å². The zero-order valence-electron chi connectivity index (χ0n) is 10.6. The molecule has 0 saturated heterocycles. The van der Waals surface area contributed by atoms with E-state index in [4.69, 9.17) is 0 Å². The molecule has 0 spiro atoms. The molecular formula is C16H20N+. The van der Waals surface area contributed by atoms with Gasteiger partial charge in [-0.05, 0) is 25.0 Å². The lowest BCUT2D eigenvalue weighted by Gasteiger charge is -2.06. The molecule has 0 heterocycles. The van der Waals surface area contributed by atoms with E-state index in [9.17, 15) is 0 Å². The van der Waals surface area contributed by atoms with Crippen LogP contribution in [0.25, 0.3) is 0 Å². The molecule has 0 amide bonds. The highest BCUT2D eigenvalue weighted by Gasteiger charge is 2.01. The van der Waals surface area contributed by atoms with Gasteiger partial charge in [0.1, 0.15) is 13.1 Å². The van der Waals surface area contributed by atoms with Crippen LogP contribution in [-0.2, 0) is 13.1 Å². The van der Waals surface area contributed by atoms with E-state index in [0.717, 1.165) is 13.1 Å². The second-order valence-electron chi connectivity index (χ2n) is 4.55. The molecule has 0 unspecified atom stereocenters. The molecule has 0 bridgehead atoms. The van der Waals surface area contributed by atoms with Crippen molar-refractivity contribution < 1.29 is 5.32 Å². The Morgan fingerprint density at radius 2 is 1.12 bits per heavy atom. The first-order valence-corrected chi connectivity index (χ1v) is 6.18. The molecule has 2 aromatic rings. The van der Waals surface area contributed by atoms with Crippen LogP contribution < -0.4 is 5.32 Å². The maximum Gasteiger partial charge on any atom is 0.102 e. The highest BCUT2D eigenvalue weighted by Crippen LogP contribution is 2.06. The maximum absolute atomic E-state index is 2.37. The predicted octanol–water partition coefficient (Wildman–Crippen LogP) is 2.57. The maximum atomic E-state index is 2.37. The minimum Gasteiger partial charge on any atom is -0.339 e. The molecule has 88 valence electrons. The van der Waals surface area contributed by atoms with E-state index in [0.29, 0.717) is 0 Å². The molecule has 0 fully saturated rings. The highest BCUT2D eigenvalue weighted by molar-refractivity contribution is 5.25. The molecule has 2 aromatic carbocycles. The summed E-state index contributed by atoms with van der Waals surface area (Å²) >= 11 is 0. The second-order valence-corrected chi connectivity index (χ2v) is 4.55. The first-order chi connectivity index (χ1) is 8.27. The van der Waals surface area contributed by atoms with E-state index in [1.54, 1.807) is 0 Å². The van der Waals surface area contributed by atoms with E-state index >= 15 is 0 Å². The van der Waals surface area contributed by atoms with Crippen molar-refractivity contribution in [2.45, 2.75) is 26.9 Å². The molecule has 0 aliphatic rings. The second kappa shape index (κ2) is 5.65. The van der Waals surface area contributed by atoms with Gasteiger partial charge in [0.15, 0.2) is 0 Å². The summed E-state index contributed by atoms with van der Waals surface area (Å²) in [6.07, 6.45) is 0. The van der Waals surface area contributed by atoms with Crippen molar-refractivity contribution in [1.82, 2.24) is 0 Å². The van der Waals surface area contributed by atoms with Gasteiger partial charge in [-0.3, -0.25) is 0 Å². The molecule has 0 aromatic heterocycles. The van der Waals surface area contributed by atoms with Gasteiger partial charge in [-0.1, -0.05) is 48.5 Å². The molecule has 2 N–H and O–H groups in total. The Morgan fingerprint density at radius 3 is 1.53 bits per heavy atom. The van der Waals surface area contributed by atoms with Gasteiger partial charge in [0, 0.05) is 11.1 Å². The third kappa shape index (κ3) is 3.18. The zero-order valence-corrected chi connectivity index (χ0v) is 10.6. The van der Waals surface area contributed by atoms with Crippen LogP contribution in [0.1, 0.15) is 22.3 Å². The normalized spacial score (nSPS) is 10.5. The zero-order chi connectivity index (χ0) is 12.1. The van der Waals surface area contributed by atoms with Gasteiger partial charge in [-0.2, -0.15) is 0 Å². The van der Waals surface area contributed by atoms with Gasteiger partial charge in [0.05, 0.1) is 0 Å². The van der Waals surface area contributed by atoms with Crippen LogP contribution in [-0.4, -0.2) is 0 Å². The Labute approximate surface area is 103 Å². The standard InChI is InChI=1S/C16H19N/c1-13-7-3-5-9-15(13)11-17-12-16-10-6-4-8-14(16)2/h3-10,17H,11-12H2,1-2H3/p+1. The van der Waals surface area contributed by atoms with E-state index in [2.05, 4.69) is 67.7 Å². The van der Waals surface area contributed by atoms with Crippen LogP contribution in [0.5, 0.6) is 0 Å². The van der Waals surface area contributed by atoms with Crippen LogP contribution in [0.3, 0.4) is 0 Å². The molecule has 1 nitrogen and oxygen atoms in total. The monoisotopic (exact) mass is 226 g/mol. The van der Waals surface area contributed by atoms with Gasteiger partial charge in [-0.25, -0.2) is 0 Å². The third-order valence-corrected chi connectivity index (χ3v) is 3.25. The van der Waals surface area contributed by atoms with Crippen molar-refractivity contribution in [3.63, 3.8) is 0 Å². The summed E-state index contributed by atoms with van der Waals surface area (Å²) in [6, 6.07) is 17.2. The summed E-state index contributed by atoms with van der Waals surface area (Å²) in [5.41, 5.74) is 5.63. The average molecular weight is 226 g/mol. The van der Waals surface area contributed by atoms with Crippen molar-refractivity contribution in [2.75, 3.05) is 0 Å². The van der Waals surface area contributed by atoms with Crippen LogP contribution in [0.15, 0.2) is 48.5 Å². The minimum absolute atomic E-state index is 1.06. The number of hydrogen-bond acceptors (Lipinski definition) is 0. The van der Waals surface area contributed by atoms with Gasteiger partial charge in [0.25, 0.3) is 0 Å². The average Bonchev–Trinajstić information content (AvgIpc) is 2.34. The van der Waals surface area contributed by atoms with Gasteiger partial charge in [0.2, 0.25) is 0 Å². The lowest BCUT2D eigenvalue weighted by atomic mass is 10.1. The number of hydrogen-bond donors (Lipinski definition) is 1. The van der Waals surface area contributed by atoms with E-state index in [1.165, 1.54) is 22.3 Å². The lowest BCUT2D eigenvalue weighted by Crippen LogP contribution is -2.80. The molecule has 17 heavy (non-hydrogen) atoms. The smallest absolute Gasteiger partial charge is 0.102 e. The number of rotatable bonds is 4. The van der Waals surface area contributed by atoms with Crippen LogP contribution in [0, 0.1) is 13.8 Å². The summed E-state index contributed by atoms with van der Waals surface area (Å²) in [5.74, 6) is 0.